The van der Waals surface area contributed by atoms with Crippen LogP contribution in [0.2, 0.25) is 0 Å². The van der Waals surface area contributed by atoms with E-state index in [2.05, 4.69) is 21.3 Å². The summed E-state index contributed by atoms with van der Waals surface area (Å²) in [5.41, 5.74) is 0.876. The number of unbranched alkanes of at least 4 members (excludes halogenated alkanes) is 1. The van der Waals surface area contributed by atoms with Crippen LogP contribution >= 0.6 is 0 Å². The van der Waals surface area contributed by atoms with Crippen molar-refractivity contribution >= 4 is 18.0 Å². The molecule has 150 valence electrons. The molecule has 0 radical (unpaired) electrons. The standard InChI is InChI=1S/C18H28N4O5/c1-12(13-8-4-3-5-9-13)21-16(24)15(23)14(22-18(26)27)10-6-7-11-20-17(25)19-2/h3-5,8-9,12,14-15,22-23H,6-7,10-11H2,1-2H3,(H,21,24)(H,26,27)(H2,19,20,25)/t12-,14+,15?/m1/s1. The van der Waals surface area contributed by atoms with Gasteiger partial charge in [-0.1, -0.05) is 30.3 Å². The Bertz CT molecular complexity index is 611. The maximum atomic E-state index is 12.3. The molecule has 1 aromatic rings. The number of urea groups is 1. The summed E-state index contributed by atoms with van der Waals surface area (Å²) in [6, 6.07) is 7.68. The summed E-state index contributed by atoms with van der Waals surface area (Å²) in [4.78, 5) is 34.4. The van der Waals surface area contributed by atoms with Crippen molar-refractivity contribution in [1.82, 2.24) is 21.3 Å². The lowest BCUT2D eigenvalue weighted by Gasteiger charge is -2.24. The van der Waals surface area contributed by atoms with Crippen LogP contribution in [0.1, 0.15) is 37.8 Å². The van der Waals surface area contributed by atoms with Gasteiger partial charge >= 0.3 is 12.1 Å². The Kier molecular flexibility index (Phi) is 9.66. The summed E-state index contributed by atoms with van der Waals surface area (Å²) in [6.07, 6.45) is -1.46. The van der Waals surface area contributed by atoms with Gasteiger partial charge < -0.3 is 31.5 Å². The third kappa shape index (κ3) is 8.41. The first-order valence-electron chi connectivity index (χ1n) is 8.83. The summed E-state index contributed by atoms with van der Waals surface area (Å²) in [7, 11) is 1.51. The van der Waals surface area contributed by atoms with Crippen LogP contribution in [-0.2, 0) is 4.79 Å². The third-order valence-electron chi connectivity index (χ3n) is 4.07. The second-order valence-electron chi connectivity index (χ2n) is 6.14. The number of carbonyl (C=O) groups excluding carboxylic acids is 2. The Morgan fingerprint density at radius 2 is 1.74 bits per heavy atom. The van der Waals surface area contributed by atoms with Crippen molar-refractivity contribution in [2.75, 3.05) is 13.6 Å². The molecule has 4 amide bonds. The number of amides is 4. The number of rotatable bonds is 10. The van der Waals surface area contributed by atoms with Crippen LogP contribution in [-0.4, -0.2) is 54.0 Å². The highest BCUT2D eigenvalue weighted by atomic mass is 16.4. The summed E-state index contributed by atoms with van der Waals surface area (Å²) in [6.45, 7) is 2.19. The lowest BCUT2D eigenvalue weighted by molar-refractivity contribution is -0.131. The first-order valence-corrected chi connectivity index (χ1v) is 8.83. The summed E-state index contributed by atoms with van der Waals surface area (Å²) in [5.74, 6) is -0.645. The monoisotopic (exact) mass is 380 g/mol. The minimum absolute atomic E-state index is 0.260. The van der Waals surface area contributed by atoms with E-state index < -0.39 is 24.1 Å². The van der Waals surface area contributed by atoms with Gasteiger partial charge in [0.1, 0.15) is 0 Å². The fourth-order valence-electron chi connectivity index (χ4n) is 2.55. The van der Waals surface area contributed by atoms with E-state index >= 15 is 0 Å². The van der Waals surface area contributed by atoms with Gasteiger partial charge in [-0.15, -0.1) is 0 Å². The van der Waals surface area contributed by atoms with Crippen molar-refractivity contribution in [3.8, 4) is 0 Å². The smallest absolute Gasteiger partial charge is 0.404 e. The largest absolute Gasteiger partial charge is 0.465 e. The molecule has 0 bridgehead atoms. The van der Waals surface area contributed by atoms with Gasteiger partial charge in [0.25, 0.3) is 5.91 Å². The SMILES string of the molecule is CNC(=O)NCCCC[C@H](NC(=O)O)C(O)C(=O)N[C@H](C)c1ccccc1. The van der Waals surface area contributed by atoms with Crippen molar-refractivity contribution < 1.29 is 24.6 Å². The van der Waals surface area contributed by atoms with E-state index in [4.69, 9.17) is 5.11 Å². The van der Waals surface area contributed by atoms with Gasteiger partial charge in [0, 0.05) is 13.6 Å². The molecule has 1 rings (SSSR count). The quantitative estimate of drug-likeness (QED) is 0.336. The molecule has 6 N–H and O–H groups in total. The van der Waals surface area contributed by atoms with Crippen molar-refractivity contribution in [2.45, 2.75) is 44.4 Å². The van der Waals surface area contributed by atoms with Gasteiger partial charge in [-0.25, -0.2) is 9.59 Å². The maximum Gasteiger partial charge on any atom is 0.404 e. The van der Waals surface area contributed by atoms with Crippen molar-refractivity contribution in [2.24, 2.45) is 0 Å². The van der Waals surface area contributed by atoms with Crippen molar-refractivity contribution in [3.63, 3.8) is 0 Å². The molecule has 0 saturated carbocycles. The molecule has 0 aliphatic heterocycles. The van der Waals surface area contributed by atoms with Crippen molar-refractivity contribution in [3.05, 3.63) is 35.9 Å². The van der Waals surface area contributed by atoms with Crippen LogP contribution in [0.15, 0.2) is 30.3 Å². The van der Waals surface area contributed by atoms with E-state index in [0.29, 0.717) is 19.4 Å². The fraction of sp³-hybridized carbons (Fsp3) is 0.500. The predicted octanol–water partition coefficient (Wildman–Crippen LogP) is 0.960. The lowest BCUT2D eigenvalue weighted by Crippen LogP contribution is -2.50. The van der Waals surface area contributed by atoms with Crippen LogP contribution in [0.5, 0.6) is 0 Å². The van der Waals surface area contributed by atoms with E-state index in [-0.39, 0.29) is 18.5 Å². The highest BCUT2D eigenvalue weighted by molar-refractivity contribution is 5.82. The normalized spacial score (nSPS) is 13.7. The average Bonchev–Trinajstić information content (AvgIpc) is 2.66. The van der Waals surface area contributed by atoms with Gasteiger partial charge in [0.05, 0.1) is 12.1 Å². The van der Waals surface area contributed by atoms with Gasteiger partial charge in [0.15, 0.2) is 6.10 Å². The number of aliphatic hydroxyl groups is 1. The van der Waals surface area contributed by atoms with Crippen LogP contribution < -0.4 is 21.3 Å². The Morgan fingerprint density at radius 1 is 1.07 bits per heavy atom. The van der Waals surface area contributed by atoms with Gasteiger partial charge in [-0.05, 0) is 31.7 Å². The number of carbonyl (C=O) groups is 3. The minimum atomic E-state index is -1.51. The van der Waals surface area contributed by atoms with E-state index in [1.165, 1.54) is 7.05 Å². The first kappa shape index (κ1) is 22.2. The predicted molar refractivity (Wildman–Crippen MR) is 100 cm³/mol. The van der Waals surface area contributed by atoms with E-state index in [1.54, 1.807) is 6.92 Å². The molecule has 9 heteroatoms. The topological polar surface area (TPSA) is 140 Å². The van der Waals surface area contributed by atoms with E-state index in [9.17, 15) is 19.5 Å². The lowest BCUT2D eigenvalue weighted by atomic mass is 10.0. The third-order valence-corrected chi connectivity index (χ3v) is 4.07. The van der Waals surface area contributed by atoms with E-state index in [1.807, 2.05) is 30.3 Å². The van der Waals surface area contributed by atoms with E-state index in [0.717, 1.165) is 5.56 Å². The molecule has 27 heavy (non-hydrogen) atoms. The number of hydrogen-bond donors (Lipinski definition) is 6. The Morgan fingerprint density at radius 3 is 2.33 bits per heavy atom. The Balaban J connectivity index is 2.54. The zero-order valence-electron chi connectivity index (χ0n) is 15.6. The van der Waals surface area contributed by atoms with Crippen LogP contribution in [0.3, 0.4) is 0 Å². The van der Waals surface area contributed by atoms with Crippen molar-refractivity contribution in [1.29, 1.82) is 0 Å². The van der Waals surface area contributed by atoms with Crippen LogP contribution in [0, 0.1) is 0 Å². The molecular formula is C18H28N4O5. The molecule has 0 heterocycles. The number of benzene rings is 1. The van der Waals surface area contributed by atoms with Crippen LogP contribution in [0.25, 0.3) is 0 Å². The molecule has 1 aromatic carbocycles. The van der Waals surface area contributed by atoms with Gasteiger partial charge in [0.2, 0.25) is 0 Å². The number of carboxylic acid groups (broad SMARTS) is 1. The fourth-order valence-corrected chi connectivity index (χ4v) is 2.55. The highest BCUT2D eigenvalue weighted by Crippen LogP contribution is 2.13. The molecule has 0 aromatic heterocycles. The number of nitrogens with one attached hydrogen (secondary N) is 4. The molecule has 0 spiro atoms. The first-order chi connectivity index (χ1) is 12.8. The minimum Gasteiger partial charge on any atom is -0.465 e. The van der Waals surface area contributed by atoms with Gasteiger partial charge in [-0.3, -0.25) is 4.79 Å². The summed E-state index contributed by atoms with van der Waals surface area (Å²) >= 11 is 0. The van der Waals surface area contributed by atoms with Crippen LogP contribution in [0.4, 0.5) is 9.59 Å². The highest BCUT2D eigenvalue weighted by Gasteiger charge is 2.28. The molecule has 0 aliphatic rings. The zero-order valence-corrected chi connectivity index (χ0v) is 15.6. The Labute approximate surface area is 158 Å². The Hall–Kier alpha value is -2.81. The average molecular weight is 380 g/mol. The molecular weight excluding hydrogens is 352 g/mol. The summed E-state index contributed by atoms with van der Waals surface area (Å²) in [5, 5.41) is 29.2. The van der Waals surface area contributed by atoms with Gasteiger partial charge in [-0.2, -0.15) is 0 Å². The molecule has 0 saturated heterocycles. The molecule has 3 atom stereocenters. The maximum absolute atomic E-state index is 12.3. The number of hydrogen-bond acceptors (Lipinski definition) is 4. The second kappa shape index (κ2) is 11.7. The zero-order chi connectivity index (χ0) is 20.2. The molecule has 1 unspecified atom stereocenters. The molecule has 9 nitrogen and oxygen atoms in total. The molecule has 0 fully saturated rings. The number of aliphatic hydroxyl groups excluding tert-OH is 1. The second-order valence-corrected chi connectivity index (χ2v) is 6.14. The molecule has 0 aliphatic carbocycles. The summed E-state index contributed by atoms with van der Waals surface area (Å²) < 4.78 is 0.